The molecule has 72 valence electrons. The third-order valence-corrected chi connectivity index (χ3v) is 2.24. The first-order chi connectivity index (χ1) is 6.09. The maximum Gasteiger partial charge on any atom is 0.0435 e. The summed E-state index contributed by atoms with van der Waals surface area (Å²) in [6, 6.07) is 6.26. The monoisotopic (exact) mass is 177 g/mol. The van der Waals surface area contributed by atoms with Crippen LogP contribution in [-0.4, -0.2) is 4.98 Å². The van der Waals surface area contributed by atoms with Crippen molar-refractivity contribution >= 4 is 0 Å². The average molecular weight is 177 g/mol. The molecule has 0 aliphatic rings. The van der Waals surface area contributed by atoms with Gasteiger partial charge >= 0.3 is 0 Å². The molecular weight excluding hydrogens is 158 g/mol. The predicted octanol–water partition coefficient (Wildman–Crippen LogP) is 3.54. The molecule has 0 N–H and O–H groups in total. The molecule has 0 radical (unpaired) electrons. The van der Waals surface area contributed by atoms with Crippen molar-refractivity contribution in [2.45, 2.75) is 40.0 Å². The lowest BCUT2D eigenvalue weighted by atomic mass is 9.95. The van der Waals surface area contributed by atoms with Crippen LogP contribution in [0.5, 0.6) is 0 Å². The fraction of sp³-hybridized carbons (Fsp3) is 0.583. The van der Waals surface area contributed by atoms with Crippen LogP contribution in [0, 0.1) is 12.8 Å². The molecule has 1 nitrogen and oxygen atoms in total. The standard InChI is InChI=1S/C12H19N/c1-9(2)8-10(3)12-7-5-6-11(4)13-12/h5-7,9-10H,8H2,1-4H3. The summed E-state index contributed by atoms with van der Waals surface area (Å²) in [4.78, 5) is 4.53. The molecule has 1 aromatic heterocycles. The highest BCUT2D eigenvalue weighted by atomic mass is 14.7. The Kier molecular flexibility index (Phi) is 3.47. The lowest BCUT2D eigenvalue weighted by Crippen LogP contribution is -2.01. The van der Waals surface area contributed by atoms with Crippen molar-refractivity contribution in [3.63, 3.8) is 0 Å². The molecule has 0 saturated carbocycles. The Morgan fingerprint density at radius 3 is 2.46 bits per heavy atom. The third-order valence-electron chi connectivity index (χ3n) is 2.24. The highest BCUT2D eigenvalue weighted by Crippen LogP contribution is 2.21. The van der Waals surface area contributed by atoms with Crippen molar-refractivity contribution < 1.29 is 0 Å². The van der Waals surface area contributed by atoms with E-state index in [0.29, 0.717) is 5.92 Å². The maximum atomic E-state index is 4.53. The zero-order valence-electron chi connectivity index (χ0n) is 9.04. The summed E-state index contributed by atoms with van der Waals surface area (Å²) in [6.07, 6.45) is 1.22. The van der Waals surface area contributed by atoms with Gasteiger partial charge in [0.15, 0.2) is 0 Å². The topological polar surface area (TPSA) is 12.9 Å². The molecule has 0 aromatic carbocycles. The van der Waals surface area contributed by atoms with Crippen LogP contribution in [0.15, 0.2) is 18.2 Å². The number of pyridine rings is 1. The van der Waals surface area contributed by atoms with Crippen molar-refractivity contribution in [2.24, 2.45) is 5.92 Å². The van der Waals surface area contributed by atoms with E-state index in [1.54, 1.807) is 0 Å². The van der Waals surface area contributed by atoms with Gasteiger partial charge in [0, 0.05) is 11.4 Å². The number of rotatable bonds is 3. The molecule has 0 bridgehead atoms. The second-order valence-corrected chi connectivity index (χ2v) is 4.23. The smallest absolute Gasteiger partial charge is 0.0435 e. The van der Waals surface area contributed by atoms with E-state index >= 15 is 0 Å². The van der Waals surface area contributed by atoms with E-state index in [2.05, 4.69) is 37.9 Å². The SMILES string of the molecule is Cc1cccc(C(C)CC(C)C)n1. The molecule has 0 amide bonds. The largest absolute Gasteiger partial charge is 0.258 e. The van der Waals surface area contributed by atoms with Gasteiger partial charge in [0.05, 0.1) is 0 Å². The predicted molar refractivity (Wildman–Crippen MR) is 56.8 cm³/mol. The van der Waals surface area contributed by atoms with Gasteiger partial charge in [-0.25, -0.2) is 0 Å². The maximum absolute atomic E-state index is 4.53. The third kappa shape index (κ3) is 3.17. The summed E-state index contributed by atoms with van der Waals surface area (Å²) in [5, 5.41) is 0. The molecule has 0 fully saturated rings. The first-order valence-corrected chi connectivity index (χ1v) is 5.03. The van der Waals surface area contributed by atoms with Crippen molar-refractivity contribution in [3.05, 3.63) is 29.6 Å². The number of aromatic nitrogens is 1. The molecule has 1 atom stereocenters. The number of hydrogen-bond acceptors (Lipinski definition) is 1. The molecule has 1 unspecified atom stereocenters. The molecule has 1 heterocycles. The molecule has 1 heteroatoms. The highest BCUT2D eigenvalue weighted by Gasteiger charge is 2.08. The minimum atomic E-state index is 0.583. The molecule has 0 aliphatic heterocycles. The van der Waals surface area contributed by atoms with E-state index in [-0.39, 0.29) is 0 Å². The van der Waals surface area contributed by atoms with Crippen molar-refractivity contribution in [3.8, 4) is 0 Å². The second-order valence-electron chi connectivity index (χ2n) is 4.23. The molecule has 1 rings (SSSR count). The van der Waals surface area contributed by atoms with Crippen LogP contribution in [0.3, 0.4) is 0 Å². The van der Waals surface area contributed by atoms with Gasteiger partial charge in [-0.3, -0.25) is 4.98 Å². The summed E-state index contributed by atoms with van der Waals surface area (Å²) in [7, 11) is 0. The van der Waals surface area contributed by atoms with Crippen LogP contribution >= 0.6 is 0 Å². The summed E-state index contributed by atoms with van der Waals surface area (Å²) >= 11 is 0. The second kappa shape index (κ2) is 4.40. The molecule has 13 heavy (non-hydrogen) atoms. The Morgan fingerprint density at radius 2 is 1.92 bits per heavy atom. The fourth-order valence-electron chi connectivity index (χ4n) is 1.67. The minimum Gasteiger partial charge on any atom is -0.258 e. The van der Waals surface area contributed by atoms with E-state index < -0.39 is 0 Å². The Labute approximate surface area is 81.2 Å². The lowest BCUT2D eigenvalue weighted by molar-refractivity contribution is 0.515. The van der Waals surface area contributed by atoms with Crippen molar-refractivity contribution in [1.82, 2.24) is 4.98 Å². The van der Waals surface area contributed by atoms with E-state index in [0.717, 1.165) is 11.6 Å². The molecule has 0 saturated heterocycles. The van der Waals surface area contributed by atoms with E-state index in [4.69, 9.17) is 0 Å². The fourth-order valence-corrected chi connectivity index (χ4v) is 1.67. The number of nitrogens with zero attached hydrogens (tertiary/aromatic N) is 1. The Bertz CT molecular complexity index is 266. The van der Waals surface area contributed by atoms with Gasteiger partial charge in [0.2, 0.25) is 0 Å². The molecular formula is C12H19N. The zero-order chi connectivity index (χ0) is 9.84. The molecule has 0 aliphatic carbocycles. The Morgan fingerprint density at radius 1 is 1.23 bits per heavy atom. The Hall–Kier alpha value is -0.850. The van der Waals surface area contributed by atoms with Gasteiger partial charge in [-0.1, -0.05) is 26.8 Å². The summed E-state index contributed by atoms with van der Waals surface area (Å²) < 4.78 is 0. The number of hydrogen-bond donors (Lipinski definition) is 0. The van der Waals surface area contributed by atoms with Gasteiger partial charge in [-0.05, 0) is 37.3 Å². The van der Waals surface area contributed by atoms with E-state index in [1.165, 1.54) is 12.1 Å². The summed E-state index contributed by atoms with van der Waals surface area (Å²) in [5.74, 6) is 1.33. The van der Waals surface area contributed by atoms with Crippen molar-refractivity contribution in [2.75, 3.05) is 0 Å². The van der Waals surface area contributed by atoms with Crippen LogP contribution in [-0.2, 0) is 0 Å². The summed E-state index contributed by atoms with van der Waals surface area (Å²) in [5.41, 5.74) is 2.35. The van der Waals surface area contributed by atoms with Crippen molar-refractivity contribution in [1.29, 1.82) is 0 Å². The highest BCUT2D eigenvalue weighted by molar-refractivity contribution is 5.13. The lowest BCUT2D eigenvalue weighted by Gasteiger charge is -2.13. The van der Waals surface area contributed by atoms with E-state index in [1.807, 2.05) is 13.0 Å². The molecule has 1 aromatic rings. The van der Waals surface area contributed by atoms with Crippen LogP contribution < -0.4 is 0 Å². The van der Waals surface area contributed by atoms with Gasteiger partial charge in [-0.15, -0.1) is 0 Å². The summed E-state index contributed by atoms with van der Waals surface area (Å²) in [6.45, 7) is 8.81. The average Bonchev–Trinajstić information content (AvgIpc) is 2.03. The van der Waals surface area contributed by atoms with Crippen LogP contribution in [0.1, 0.15) is 44.5 Å². The minimum absolute atomic E-state index is 0.583. The first-order valence-electron chi connectivity index (χ1n) is 5.03. The molecule has 0 spiro atoms. The first kappa shape index (κ1) is 10.2. The van der Waals surface area contributed by atoms with Gasteiger partial charge in [0.25, 0.3) is 0 Å². The van der Waals surface area contributed by atoms with Gasteiger partial charge in [0.1, 0.15) is 0 Å². The Balaban J connectivity index is 2.71. The van der Waals surface area contributed by atoms with Crippen LogP contribution in [0.25, 0.3) is 0 Å². The van der Waals surface area contributed by atoms with E-state index in [9.17, 15) is 0 Å². The van der Waals surface area contributed by atoms with Gasteiger partial charge < -0.3 is 0 Å². The van der Waals surface area contributed by atoms with Crippen LogP contribution in [0.2, 0.25) is 0 Å². The quantitative estimate of drug-likeness (QED) is 0.688. The number of aryl methyl sites for hydroxylation is 1. The van der Waals surface area contributed by atoms with Crippen LogP contribution in [0.4, 0.5) is 0 Å². The normalized spacial score (nSPS) is 13.3. The van der Waals surface area contributed by atoms with Gasteiger partial charge in [-0.2, -0.15) is 0 Å². The zero-order valence-corrected chi connectivity index (χ0v) is 9.04.